The zero-order valence-electron chi connectivity index (χ0n) is 9.75. The third-order valence-corrected chi connectivity index (χ3v) is 3.28. The Balaban J connectivity index is 1.64. The smallest absolute Gasteiger partial charge is 0.282 e. The molecule has 0 fully saturated rings. The Kier molecular flexibility index (Phi) is 2.92. The molecule has 8 heteroatoms. The van der Waals surface area contributed by atoms with Crippen molar-refractivity contribution in [2.24, 2.45) is 0 Å². The van der Waals surface area contributed by atoms with E-state index in [1.807, 2.05) is 18.2 Å². The molecule has 1 aromatic carbocycles. The lowest BCUT2D eigenvalue weighted by atomic mass is 10.2. The number of carbonyl (C=O) groups excluding carboxylic acids is 1. The van der Waals surface area contributed by atoms with Crippen molar-refractivity contribution < 1.29 is 14.3 Å². The molecule has 0 unspecified atom stereocenters. The van der Waals surface area contributed by atoms with Crippen LogP contribution in [0, 0.1) is 0 Å². The van der Waals surface area contributed by atoms with Crippen LogP contribution >= 0.6 is 11.3 Å². The fraction of sp³-hybridized carbons (Fsp3) is 0.182. The van der Waals surface area contributed by atoms with E-state index in [1.165, 1.54) is 0 Å². The highest BCUT2D eigenvalue weighted by Crippen LogP contribution is 2.32. The maximum atomic E-state index is 11.8. The van der Waals surface area contributed by atoms with Crippen LogP contribution in [-0.4, -0.2) is 22.9 Å². The molecule has 1 aliphatic rings. The summed E-state index contributed by atoms with van der Waals surface area (Å²) in [4.78, 5) is 11.8. The van der Waals surface area contributed by atoms with Crippen LogP contribution in [0.25, 0.3) is 0 Å². The number of nitrogen functional groups attached to an aromatic ring is 1. The van der Waals surface area contributed by atoms with Crippen LogP contribution in [0.3, 0.4) is 0 Å². The molecular weight excluding hydrogens is 268 g/mol. The van der Waals surface area contributed by atoms with E-state index in [1.54, 1.807) is 0 Å². The topological polar surface area (TPSA) is 99.4 Å². The first-order valence-corrected chi connectivity index (χ1v) is 6.30. The van der Waals surface area contributed by atoms with Gasteiger partial charge in [0.1, 0.15) is 0 Å². The number of nitrogens with zero attached hydrogens (tertiary/aromatic N) is 2. The molecule has 1 aromatic heterocycles. The number of benzene rings is 1. The van der Waals surface area contributed by atoms with Crippen LogP contribution in [0.2, 0.25) is 0 Å². The third kappa shape index (κ3) is 2.43. The minimum Gasteiger partial charge on any atom is -0.454 e. The first kappa shape index (κ1) is 11.7. The highest BCUT2D eigenvalue weighted by atomic mass is 32.1. The Morgan fingerprint density at radius 2 is 2.21 bits per heavy atom. The second-order valence-corrected chi connectivity index (χ2v) is 4.82. The molecule has 1 amide bonds. The molecule has 1 aliphatic heterocycles. The lowest BCUT2D eigenvalue weighted by Crippen LogP contribution is -2.22. The fourth-order valence-electron chi connectivity index (χ4n) is 1.64. The van der Waals surface area contributed by atoms with Gasteiger partial charge in [-0.2, -0.15) is 0 Å². The number of hydrogen-bond acceptors (Lipinski definition) is 7. The Labute approximate surface area is 112 Å². The van der Waals surface area contributed by atoms with E-state index in [0.717, 1.165) is 16.9 Å². The van der Waals surface area contributed by atoms with Crippen molar-refractivity contribution in [3.63, 3.8) is 0 Å². The summed E-state index contributed by atoms with van der Waals surface area (Å²) < 4.78 is 10.5. The van der Waals surface area contributed by atoms with E-state index in [2.05, 4.69) is 15.5 Å². The molecule has 3 N–H and O–H groups in total. The van der Waals surface area contributed by atoms with Crippen molar-refractivity contribution in [2.45, 2.75) is 6.54 Å². The number of nitrogens with two attached hydrogens (primary N) is 1. The van der Waals surface area contributed by atoms with E-state index >= 15 is 0 Å². The molecule has 0 atom stereocenters. The molecule has 0 radical (unpaired) electrons. The van der Waals surface area contributed by atoms with Crippen molar-refractivity contribution >= 4 is 22.4 Å². The van der Waals surface area contributed by atoms with Crippen LogP contribution in [-0.2, 0) is 6.54 Å². The third-order valence-electron chi connectivity index (χ3n) is 2.52. The van der Waals surface area contributed by atoms with Crippen molar-refractivity contribution in [3.05, 3.63) is 28.8 Å². The maximum Gasteiger partial charge on any atom is 0.282 e. The highest BCUT2D eigenvalue weighted by Gasteiger charge is 2.14. The predicted octanol–water partition coefficient (Wildman–Crippen LogP) is 0.779. The van der Waals surface area contributed by atoms with Gasteiger partial charge in [-0.3, -0.25) is 4.79 Å². The summed E-state index contributed by atoms with van der Waals surface area (Å²) in [7, 11) is 0. The molecule has 2 aromatic rings. The monoisotopic (exact) mass is 278 g/mol. The highest BCUT2D eigenvalue weighted by molar-refractivity contribution is 7.16. The number of hydrogen-bond donors (Lipinski definition) is 2. The van der Waals surface area contributed by atoms with Gasteiger partial charge in [0.25, 0.3) is 5.91 Å². The average Bonchev–Trinajstić information content (AvgIpc) is 3.03. The van der Waals surface area contributed by atoms with Crippen LogP contribution in [0.5, 0.6) is 11.5 Å². The van der Waals surface area contributed by atoms with E-state index < -0.39 is 0 Å². The molecule has 2 heterocycles. The van der Waals surface area contributed by atoms with Crippen LogP contribution in [0.15, 0.2) is 18.2 Å². The van der Waals surface area contributed by atoms with Gasteiger partial charge >= 0.3 is 0 Å². The lowest BCUT2D eigenvalue weighted by molar-refractivity contribution is 0.0949. The molecular formula is C11H10N4O3S. The standard InChI is InChI=1S/C11H10N4O3S/c12-11-15-14-10(19-11)9(16)13-4-6-1-2-7-8(3-6)18-5-17-7/h1-3H,4-5H2,(H2,12,15)(H,13,16). The normalized spacial score (nSPS) is 12.4. The van der Waals surface area contributed by atoms with Gasteiger partial charge in [-0.1, -0.05) is 17.4 Å². The van der Waals surface area contributed by atoms with Crippen molar-refractivity contribution in [3.8, 4) is 11.5 Å². The zero-order valence-corrected chi connectivity index (χ0v) is 10.6. The summed E-state index contributed by atoms with van der Waals surface area (Å²) in [5.41, 5.74) is 6.33. The van der Waals surface area contributed by atoms with E-state index in [0.29, 0.717) is 18.0 Å². The van der Waals surface area contributed by atoms with Gasteiger partial charge < -0.3 is 20.5 Å². The quantitative estimate of drug-likeness (QED) is 0.860. The molecule has 7 nitrogen and oxygen atoms in total. The summed E-state index contributed by atoms with van der Waals surface area (Å²) in [5.74, 6) is 1.10. The van der Waals surface area contributed by atoms with Crippen molar-refractivity contribution in [1.29, 1.82) is 0 Å². The summed E-state index contributed by atoms with van der Waals surface area (Å²) >= 11 is 1.05. The number of amides is 1. The Bertz CT molecular complexity index is 628. The molecule has 0 saturated carbocycles. The first-order valence-electron chi connectivity index (χ1n) is 5.48. The Hall–Kier alpha value is -2.35. The maximum absolute atomic E-state index is 11.8. The summed E-state index contributed by atoms with van der Waals surface area (Å²) in [6, 6.07) is 5.51. The average molecular weight is 278 g/mol. The van der Waals surface area contributed by atoms with Crippen LogP contribution < -0.4 is 20.5 Å². The summed E-state index contributed by atoms with van der Waals surface area (Å²) in [6.07, 6.45) is 0. The van der Waals surface area contributed by atoms with Gasteiger partial charge in [0, 0.05) is 6.54 Å². The van der Waals surface area contributed by atoms with Gasteiger partial charge in [-0.25, -0.2) is 0 Å². The molecule has 0 aliphatic carbocycles. The largest absolute Gasteiger partial charge is 0.454 e. The molecule has 0 bridgehead atoms. The van der Waals surface area contributed by atoms with E-state index in [4.69, 9.17) is 15.2 Å². The van der Waals surface area contributed by atoms with E-state index in [9.17, 15) is 4.79 Å². The summed E-state index contributed by atoms with van der Waals surface area (Å²) in [5, 5.41) is 10.5. The van der Waals surface area contributed by atoms with Crippen LogP contribution in [0.1, 0.15) is 15.4 Å². The predicted molar refractivity (Wildman–Crippen MR) is 68.1 cm³/mol. The lowest BCUT2D eigenvalue weighted by Gasteiger charge is -2.04. The number of carbonyl (C=O) groups is 1. The Morgan fingerprint density at radius 1 is 1.37 bits per heavy atom. The van der Waals surface area contributed by atoms with Gasteiger partial charge in [0.15, 0.2) is 11.5 Å². The number of rotatable bonds is 3. The SMILES string of the molecule is Nc1nnc(C(=O)NCc2ccc3c(c2)OCO3)s1. The number of anilines is 1. The van der Waals surface area contributed by atoms with Gasteiger partial charge in [-0.15, -0.1) is 10.2 Å². The summed E-state index contributed by atoms with van der Waals surface area (Å²) in [6.45, 7) is 0.601. The number of ether oxygens (including phenoxy) is 2. The van der Waals surface area contributed by atoms with Gasteiger partial charge in [0.2, 0.25) is 16.9 Å². The van der Waals surface area contributed by atoms with Crippen molar-refractivity contribution in [1.82, 2.24) is 15.5 Å². The molecule has 98 valence electrons. The van der Waals surface area contributed by atoms with Crippen molar-refractivity contribution in [2.75, 3.05) is 12.5 Å². The second-order valence-electron chi connectivity index (χ2n) is 3.82. The molecule has 19 heavy (non-hydrogen) atoms. The first-order chi connectivity index (χ1) is 9.22. The van der Waals surface area contributed by atoms with Crippen LogP contribution in [0.4, 0.5) is 5.13 Å². The zero-order chi connectivity index (χ0) is 13.2. The van der Waals surface area contributed by atoms with E-state index in [-0.39, 0.29) is 22.8 Å². The number of fused-ring (bicyclic) bond motifs is 1. The molecule has 0 spiro atoms. The molecule has 0 saturated heterocycles. The molecule has 3 rings (SSSR count). The van der Waals surface area contributed by atoms with Gasteiger partial charge in [0.05, 0.1) is 0 Å². The minimum atomic E-state index is -0.299. The minimum absolute atomic E-state index is 0.231. The second kappa shape index (κ2) is 4.73. The number of aromatic nitrogens is 2. The Morgan fingerprint density at radius 3 is 3.00 bits per heavy atom. The fourth-order valence-corrected chi connectivity index (χ4v) is 2.16. The van der Waals surface area contributed by atoms with Gasteiger partial charge in [-0.05, 0) is 17.7 Å². The number of nitrogens with one attached hydrogen (secondary N) is 1.